The van der Waals surface area contributed by atoms with Crippen LogP contribution in [0.5, 0.6) is 0 Å². The van der Waals surface area contributed by atoms with Gasteiger partial charge in [0.2, 0.25) is 5.91 Å². The van der Waals surface area contributed by atoms with E-state index in [1.165, 1.54) is 11.8 Å². The third kappa shape index (κ3) is 4.59. The lowest BCUT2D eigenvalue weighted by atomic mass is 9.91. The highest BCUT2D eigenvalue weighted by atomic mass is 35.5. The molecule has 0 aliphatic carbocycles. The molecule has 1 aliphatic rings. The van der Waals surface area contributed by atoms with Crippen LogP contribution in [0.1, 0.15) is 25.3 Å². The first kappa shape index (κ1) is 18.0. The minimum absolute atomic E-state index is 0.0426. The number of aliphatic hydroxyl groups is 1. The van der Waals surface area contributed by atoms with Gasteiger partial charge in [0.05, 0.1) is 16.6 Å². The molecule has 2 N–H and O–H groups in total. The van der Waals surface area contributed by atoms with Gasteiger partial charge in [-0.15, -0.1) is 0 Å². The molecule has 0 bridgehead atoms. The van der Waals surface area contributed by atoms with Gasteiger partial charge in [-0.05, 0) is 37.0 Å². The lowest BCUT2D eigenvalue weighted by Gasteiger charge is -2.37. The minimum atomic E-state index is -1.51. The number of hydrogen-bond donors (Lipinski definition) is 2. The number of rotatable bonds is 4. The first-order valence-corrected chi connectivity index (χ1v) is 8.27. The summed E-state index contributed by atoms with van der Waals surface area (Å²) in [4.78, 5) is 25.2. The molecule has 126 valence electrons. The molecule has 0 spiro atoms. The molecule has 1 heterocycles. The van der Waals surface area contributed by atoms with Crippen LogP contribution >= 0.6 is 23.2 Å². The van der Waals surface area contributed by atoms with Gasteiger partial charge >= 0.3 is 0 Å². The summed E-state index contributed by atoms with van der Waals surface area (Å²) in [6.07, 6.45) is 1.54. The van der Waals surface area contributed by atoms with E-state index in [1.54, 1.807) is 12.1 Å². The largest absolute Gasteiger partial charge is 0.378 e. The third-order valence-corrected chi connectivity index (χ3v) is 4.76. The highest BCUT2D eigenvalue weighted by molar-refractivity contribution is 6.42. The zero-order valence-electron chi connectivity index (χ0n) is 12.9. The van der Waals surface area contributed by atoms with Crippen molar-refractivity contribution in [2.75, 3.05) is 19.6 Å². The van der Waals surface area contributed by atoms with Crippen LogP contribution in [0.3, 0.4) is 0 Å². The average molecular weight is 359 g/mol. The number of carbonyl (C=O) groups is 2. The molecule has 1 aromatic carbocycles. The number of likely N-dealkylation sites (tertiary alicyclic amines) is 1. The number of piperidine rings is 1. The van der Waals surface area contributed by atoms with E-state index in [0.29, 0.717) is 42.4 Å². The third-order valence-electron chi connectivity index (χ3n) is 4.02. The summed E-state index contributed by atoms with van der Waals surface area (Å²) >= 11 is 11.8. The predicted octanol–water partition coefficient (Wildman–Crippen LogP) is 2.03. The van der Waals surface area contributed by atoms with Crippen molar-refractivity contribution in [3.8, 4) is 0 Å². The average Bonchev–Trinajstić information content (AvgIpc) is 2.50. The monoisotopic (exact) mass is 358 g/mol. The van der Waals surface area contributed by atoms with Crippen LogP contribution < -0.4 is 5.32 Å². The van der Waals surface area contributed by atoms with Gasteiger partial charge in [-0.3, -0.25) is 9.59 Å². The molecule has 5 nitrogen and oxygen atoms in total. The second kappa shape index (κ2) is 7.51. The zero-order valence-corrected chi connectivity index (χ0v) is 14.5. The van der Waals surface area contributed by atoms with Crippen LogP contribution in [0.15, 0.2) is 18.2 Å². The normalized spacial score (nSPS) is 21.1. The van der Waals surface area contributed by atoms with E-state index < -0.39 is 11.5 Å². The van der Waals surface area contributed by atoms with E-state index in [2.05, 4.69) is 5.32 Å². The van der Waals surface area contributed by atoms with E-state index in [4.69, 9.17) is 23.2 Å². The maximum absolute atomic E-state index is 12.3. The number of hydrogen-bond acceptors (Lipinski definition) is 3. The van der Waals surface area contributed by atoms with Crippen LogP contribution in [-0.4, -0.2) is 47.1 Å². The molecule has 23 heavy (non-hydrogen) atoms. The van der Waals surface area contributed by atoms with Gasteiger partial charge in [0.25, 0.3) is 5.91 Å². The second-order valence-corrected chi connectivity index (χ2v) is 6.64. The molecule has 1 fully saturated rings. The minimum Gasteiger partial charge on any atom is -0.378 e. The van der Waals surface area contributed by atoms with Crippen LogP contribution in [0.2, 0.25) is 10.0 Å². The second-order valence-electron chi connectivity index (χ2n) is 5.83. The zero-order chi connectivity index (χ0) is 17.0. The summed E-state index contributed by atoms with van der Waals surface area (Å²) in [6, 6.07) is 5.30. The van der Waals surface area contributed by atoms with Crippen LogP contribution in [-0.2, 0) is 16.0 Å². The van der Waals surface area contributed by atoms with Crippen molar-refractivity contribution >= 4 is 35.0 Å². The summed E-state index contributed by atoms with van der Waals surface area (Å²) in [7, 11) is 0. The van der Waals surface area contributed by atoms with Crippen molar-refractivity contribution in [3.63, 3.8) is 0 Å². The number of carbonyl (C=O) groups excluding carboxylic acids is 2. The van der Waals surface area contributed by atoms with Gasteiger partial charge in [-0.1, -0.05) is 29.3 Å². The molecule has 0 saturated carbocycles. The van der Waals surface area contributed by atoms with Gasteiger partial charge in [0, 0.05) is 20.0 Å². The molecule has 1 saturated heterocycles. The van der Waals surface area contributed by atoms with Crippen molar-refractivity contribution in [3.05, 3.63) is 33.8 Å². The molecule has 1 atom stereocenters. The van der Waals surface area contributed by atoms with Gasteiger partial charge in [0.1, 0.15) is 0 Å². The number of nitrogens with one attached hydrogen (secondary N) is 1. The van der Waals surface area contributed by atoms with Gasteiger partial charge in [-0.2, -0.15) is 0 Å². The Balaban J connectivity index is 1.88. The van der Waals surface area contributed by atoms with E-state index in [0.717, 1.165) is 5.56 Å². The summed E-state index contributed by atoms with van der Waals surface area (Å²) in [6.45, 7) is 2.43. The molecule has 2 rings (SSSR count). The van der Waals surface area contributed by atoms with E-state index >= 15 is 0 Å². The first-order valence-electron chi connectivity index (χ1n) is 7.52. The van der Waals surface area contributed by atoms with Crippen molar-refractivity contribution in [1.82, 2.24) is 10.2 Å². The highest BCUT2D eigenvalue weighted by Gasteiger charge is 2.40. The lowest BCUT2D eigenvalue weighted by Crippen LogP contribution is -2.58. The molecule has 1 unspecified atom stereocenters. The Morgan fingerprint density at radius 3 is 2.74 bits per heavy atom. The van der Waals surface area contributed by atoms with E-state index in [9.17, 15) is 14.7 Å². The molecule has 2 amide bonds. The molecule has 1 aromatic rings. The SMILES string of the molecule is CC(=O)N1CCCC(O)(C(=O)NCCc2ccc(Cl)c(Cl)c2)C1. The molecule has 0 aromatic heterocycles. The van der Waals surface area contributed by atoms with Crippen LogP contribution in [0, 0.1) is 0 Å². The highest BCUT2D eigenvalue weighted by Crippen LogP contribution is 2.23. The van der Waals surface area contributed by atoms with Crippen molar-refractivity contribution in [1.29, 1.82) is 0 Å². The van der Waals surface area contributed by atoms with Gasteiger partial charge in [-0.25, -0.2) is 0 Å². The van der Waals surface area contributed by atoms with Crippen LogP contribution in [0.25, 0.3) is 0 Å². The lowest BCUT2D eigenvalue weighted by molar-refractivity contribution is -0.150. The Kier molecular flexibility index (Phi) is 5.89. The molecular weight excluding hydrogens is 339 g/mol. The fraction of sp³-hybridized carbons (Fsp3) is 0.500. The number of benzene rings is 1. The predicted molar refractivity (Wildman–Crippen MR) is 89.6 cm³/mol. The summed E-state index contributed by atoms with van der Waals surface area (Å²) in [5, 5.41) is 14.2. The summed E-state index contributed by atoms with van der Waals surface area (Å²) < 4.78 is 0. The summed E-state index contributed by atoms with van der Waals surface area (Å²) in [5.41, 5.74) is -0.567. The fourth-order valence-electron chi connectivity index (χ4n) is 2.67. The Labute approximate surface area is 145 Å². The van der Waals surface area contributed by atoms with Gasteiger partial charge < -0.3 is 15.3 Å². The van der Waals surface area contributed by atoms with Crippen molar-refractivity contribution in [2.45, 2.75) is 31.8 Å². The van der Waals surface area contributed by atoms with Gasteiger partial charge in [0.15, 0.2) is 5.60 Å². The molecular formula is C16H20Cl2N2O3. The fourth-order valence-corrected chi connectivity index (χ4v) is 2.99. The maximum Gasteiger partial charge on any atom is 0.253 e. The molecule has 1 aliphatic heterocycles. The Bertz CT molecular complexity index is 609. The van der Waals surface area contributed by atoms with E-state index in [1.807, 2.05) is 6.07 Å². The maximum atomic E-state index is 12.3. The molecule has 0 radical (unpaired) electrons. The quantitative estimate of drug-likeness (QED) is 0.864. The Morgan fingerprint density at radius 2 is 2.09 bits per heavy atom. The van der Waals surface area contributed by atoms with Crippen molar-refractivity contribution in [2.24, 2.45) is 0 Å². The number of amides is 2. The Hall–Kier alpha value is -1.30. The number of β-amino-alcohol motifs (C(OH)–C–C–N with tert-alkyl or cyclic N) is 1. The standard InChI is InChI=1S/C16H20Cl2N2O3/c1-11(21)20-8-2-6-16(23,10-20)15(22)19-7-5-12-3-4-13(17)14(18)9-12/h3-4,9,23H,2,5-8,10H2,1H3,(H,19,22). The molecule has 7 heteroatoms. The number of nitrogens with zero attached hydrogens (tertiary/aromatic N) is 1. The Morgan fingerprint density at radius 1 is 1.35 bits per heavy atom. The van der Waals surface area contributed by atoms with Crippen LogP contribution in [0.4, 0.5) is 0 Å². The summed E-state index contributed by atoms with van der Waals surface area (Å²) in [5.74, 6) is -0.574. The van der Waals surface area contributed by atoms with Crippen molar-refractivity contribution < 1.29 is 14.7 Å². The first-order chi connectivity index (χ1) is 10.8. The topological polar surface area (TPSA) is 69.6 Å². The smallest absolute Gasteiger partial charge is 0.253 e. The number of halogens is 2. The van der Waals surface area contributed by atoms with E-state index in [-0.39, 0.29) is 12.5 Å².